The summed E-state index contributed by atoms with van der Waals surface area (Å²) in [4.78, 5) is 25.4. The first-order valence-electron chi connectivity index (χ1n) is 5.88. The highest BCUT2D eigenvalue weighted by Crippen LogP contribution is 2.21. The zero-order chi connectivity index (χ0) is 13.8. The maximum atomic E-state index is 12.0. The number of likely N-dealkylation sites (tertiary alicyclic amines) is 1. The van der Waals surface area contributed by atoms with E-state index in [4.69, 9.17) is 5.11 Å². The lowest BCUT2D eigenvalue weighted by Gasteiger charge is -2.20. The number of hydrogen-bond donors (Lipinski definition) is 2. The van der Waals surface area contributed by atoms with E-state index < -0.39 is 18.1 Å². The summed E-state index contributed by atoms with van der Waals surface area (Å²) in [7, 11) is 0. The van der Waals surface area contributed by atoms with Crippen LogP contribution in [0.2, 0.25) is 0 Å². The second-order valence-corrected chi connectivity index (χ2v) is 6.38. The minimum atomic E-state index is -1.05. The molecule has 0 bridgehead atoms. The van der Waals surface area contributed by atoms with Gasteiger partial charge in [-0.25, -0.2) is 4.79 Å². The van der Waals surface area contributed by atoms with Gasteiger partial charge in [0.15, 0.2) is 0 Å². The molecule has 2 heterocycles. The summed E-state index contributed by atoms with van der Waals surface area (Å²) in [6.45, 7) is 0.120. The number of hydrogen-bond acceptors (Lipinski definition) is 5. The van der Waals surface area contributed by atoms with Crippen molar-refractivity contribution in [1.29, 1.82) is 0 Å². The molecule has 1 aromatic heterocycles. The van der Waals surface area contributed by atoms with E-state index in [1.807, 2.05) is 17.5 Å². The van der Waals surface area contributed by atoms with Crippen molar-refractivity contribution in [1.82, 2.24) is 4.90 Å². The van der Waals surface area contributed by atoms with Crippen LogP contribution in [0.25, 0.3) is 0 Å². The minimum Gasteiger partial charge on any atom is -0.480 e. The van der Waals surface area contributed by atoms with Gasteiger partial charge >= 0.3 is 5.97 Å². The second kappa shape index (κ2) is 6.40. The lowest BCUT2D eigenvalue weighted by atomic mass is 10.2. The van der Waals surface area contributed by atoms with Crippen LogP contribution in [0.15, 0.2) is 17.5 Å². The molecule has 0 spiro atoms. The molecule has 2 rings (SSSR count). The van der Waals surface area contributed by atoms with E-state index in [1.54, 1.807) is 11.3 Å². The van der Waals surface area contributed by atoms with Gasteiger partial charge < -0.3 is 15.1 Å². The topological polar surface area (TPSA) is 77.8 Å². The maximum absolute atomic E-state index is 12.0. The summed E-state index contributed by atoms with van der Waals surface area (Å²) < 4.78 is 0. The Morgan fingerprint density at radius 1 is 1.53 bits per heavy atom. The molecule has 1 aliphatic heterocycles. The van der Waals surface area contributed by atoms with Gasteiger partial charge in [-0.2, -0.15) is 0 Å². The van der Waals surface area contributed by atoms with E-state index in [0.29, 0.717) is 0 Å². The van der Waals surface area contributed by atoms with Crippen molar-refractivity contribution in [3.05, 3.63) is 22.4 Å². The fraction of sp³-hybridized carbons (Fsp3) is 0.500. The maximum Gasteiger partial charge on any atom is 0.326 e. The number of aliphatic hydroxyl groups is 1. The monoisotopic (exact) mass is 301 g/mol. The van der Waals surface area contributed by atoms with Crippen molar-refractivity contribution in [2.75, 3.05) is 12.3 Å². The summed E-state index contributed by atoms with van der Waals surface area (Å²) >= 11 is 3.10. The average molecular weight is 301 g/mol. The fourth-order valence-electron chi connectivity index (χ4n) is 2.04. The molecular weight excluding hydrogens is 286 g/mol. The second-order valence-electron chi connectivity index (χ2n) is 4.36. The number of carbonyl (C=O) groups is 2. The SMILES string of the molecule is O=C(O)C1CC(O)CN1C(=O)CSCc1cccs1. The molecule has 2 unspecified atom stereocenters. The van der Waals surface area contributed by atoms with Crippen LogP contribution in [0.1, 0.15) is 11.3 Å². The van der Waals surface area contributed by atoms with E-state index in [0.717, 1.165) is 5.75 Å². The van der Waals surface area contributed by atoms with Gasteiger partial charge in [-0.05, 0) is 11.4 Å². The number of carboxylic acids is 1. The quantitative estimate of drug-likeness (QED) is 0.849. The molecule has 104 valence electrons. The Hall–Kier alpha value is -1.05. The number of amides is 1. The van der Waals surface area contributed by atoms with Gasteiger partial charge in [-0.1, -0.05) is 6.07 Å². The molecule has 2 N–H and O–H groups in total. The van der Waals surface area contributed by atoms with Crippen molar-refractivity contribution in [3.63, 3.8) is 0 Å². The molecule has 1 amide bonds. The lowest BCUT2D eigenvalue weighted by molar-refractivity contribution is -0.147. The number of carboxylic acid groups (broad SMARTS) is 1. The normalized spacial score (nSPS) is 22.7. The number of rotatable bonds is 5. The molecule has 0 aromatic carbocycles. The molecule has 1 aromatic rings. The van der Waals surface area contributed by atoms with E-state index >= 15 is 0 Å². The first-order chi connectivity index (χ1) is 9.08. The smallest absolute Gasteiger partial charge is 0.326 e. The first-order valence-corrected chi connectivity index (χ1v) is 7.92. The Morgan fingerprint density at radius 3 is 2.95 bits per heavy atom. The van der Waals surface area contributed by atoms with E-state index in [9.17, 15) is 14.7 Å². The Kier molecular flexibility index (Phi) is 4.84. The number of aliphatic hydroxyl groups excluding tert-OH is 1. The summed E-state index contributed by atoms with van der Waals surface area (Å²) in [5.74, 6) is -0.273. The number of aliphatic carboxylic acids is 1. The number of thioether (sulfide) groups is 1. The Balaban J connectivity index is 1.83. The van der Waals surface area contributed by atoms with Gasteiger partial charge in [-0.3, -0.25) is 4.79 Å². The summed E-state index contributed by atoms with van der Waals surface area (Å²) in [6.07, 6.45) is -0.608. The van der Waals surface area contributed by atoms with Gasteiger partial charge in [0.1, 0.15) is 6.04 Å². The molecule has 0 aliphatic carbocycles. The Morgan fingerprint density at radius 2 is 2.32 bits per heavy atom. The van der Waals surface area contributed by atoms with Gasteiger partial charge in [0.2, 0.25) is 5.91 Å². The first kappa shape index (κ1) is 14.4. The molecule has 1 aliphatic rings. The molecule has 1 saturated heterocycles. The number of nitrogens with zero attached hydrogens (tertiary/aromatic N) is 1. The van der Waals surface area contributed by atoms with E-state index in [-0.39, 0.29) is 24.6 Å². The van der Waals surface area contributed by atoms with E-state index in [1.165, 1.54) is 21.5 Å². The number of β-amino-alcohol motifs (C(OH)–C–C–N with tert-alkyl or cyclic N) is 1. The fourth-order valence-corrected chi connectivity index (χ4v) is 3.79. The molecule has 0 radical (unpaired) electrons. The van der Waals surface area contributed by atoms with Crippen LogP contribution < -0.4 is 0 Å². The van der Waals surface area contributed by atoms with Crippen molar-refractivity contribution in [2.45, 2.75) is 24.3 Å². The molecule has 2 atom stereocenters. The van der Waals surface area contributed by atoms with Gasteiger partial charge in [0.05, 0.1) is 11.9 Å². The molecule has 19 heavy (non-hydrogen) atoms. The Bertz CT molecular complexity index is 449. The highest BCUT2D eigenvalue weighted by Gasteiger charge is 2.38. The van der Waals surface area contributed by atoms with Crippen molar-refractivity contribution in [2.24, 2.45) is 0 Å². The highest BCUT2D eigenvalue weighted by atomic mass is 32.2. The van der Waals surface area contributed by atoms with Crippen molar-refractivity contribution >= 4 is 35.0 Å². The van der Waals surface area contributed by atoms with Crippen LogP contribution >= 0.6 is 23.1 Å². The molecule has 7 heteroatoms. The number of thiophene rings is 1. The standard InChI is InChI=1S/C12H15NO4S2/c14-8-4-10(12(16)17)13(5-8)11(15)7-18-6-9-2-1-3-19-9/h1-3,8,10,14H,4-7H2,(H,16,17). The summed E-state index contributed by atoms with van der Waals surface area (Å²) in [5, 5.41) is 20.5. The van der Waals surface area contributed by atoms with Crippen LogP contribution in [-0.2, 0) is 15.3 Å². The van der Waals surface area contributed by atoms with Crippen molar-refractivity contribution in [3.8, 4) is 0 Å². The summed E-state index contributed by atoms with van der Waals surface area (Å²) in [5.41, 5.74) is 0. The van der Waals surface area contributed by atoms with Crippen LogP contribution in [-0.4, -0.2) is 51.4 Å². The molecule has 5 nitrogen and oxygen atoms in total. The van der Waals surface area contributed by atoms with Crippen molar-refractivity contribution < 1.29 is 19.8 Å². The molecular formula is C12H15NO4S2. The van der Waals surface area contributed by atoms with Crippen LogP contribution in [0.3, 0.4) is 0 Å². The molecule has 1 fully saturated rings. The van der Waals surface area contributed by atoms with E-state index in [2.05, 4.69) is 0 Å². The Labute approximate surface area is 119 Å². The van der Waals surface area contributed by atoms with Gasteiger partial charge in [0, 0.05) is 23.6 Å². The third-order valence-corrected chi connectivity index (χ3v) is 4.96. The zero-order valence-electron chi connectivity index (χ0n) is 10.2. The predicted octanol–water partition coefficient (Wildman–Crippen LogP) is 1.03. The van der Waals surface area contributed by atoms with Gasteiger partial charge in [-0.15, -0.1) is 23.1 Å². The predicted molar refractivity (Wildman–Crippen MR) is 74.2 cm³/mol. The van der Waals surface area contributed by atoms with Crippen LogP contribution in [0.4, 0.5) is 0 Å². The van der Waals surface area contributed by atoms with Gasteiger partial charge in [0.25, 0.3) is 0 Å². The lowest BCUT2D eigenvalue weighted by Crippen LogP contribution is -2.41. The van der Waals surface area contributed by atoms with Crippen LogP contribution in [0.5, 0.6) is 0 Å². The number of carbonyl (C=O) groups excluding carboxylic acids is 1. The largest absolute Gasteiger partial charge is 0.480 e. The third kappa shape index (κ3) is 3.71. The third-order valence-electron chi connectivity index (χ3n) is 2.93. The highest BCUT2D eigenvalue weighted by molar-refractivity contribution is 7.99. The average Bonchev–Trinajstić information content (AvgIpc) is 2.98. The minimum absolute atomic E-state index is 0.120. The molecule has 0 saturated carbocycles. The van der Waals surface area contributed by atoms with Crippen LogP contribution in [0, 0.1) is 0 Å². The zero-order valence-corrected chi connectivity index (χ0v) is 11.8. The summed E-state index contributed by atoms with van der Waals surface area (Å²) in [6, 6.07) is 3.08.